The summed E-state index contributed by atoms with van der Waals surface area (Å²) in [5.74, 6) is 1.41. The van der Waals surface area contributed by atoms with Gasteiger partial charge in [-0.05, 0) is 43.5 Å². The SMILES string of the molecule is CN=C(NCc1ccccc1-n1nc(C)cc1C)NC1CC1c1ccccc1.I. The number of aryl methyl sites for hydroxylation is 2. The maximum absolute atomic E-state index is 4.63. The highest BCUT2D eigenvalue weighted by Crippen LogP contribution is 2.40. The van der Waals surface area contributed by atoms with Crippen LogP contribution in [0, 0.1) is 13.8 Å². The molecule has 2 atom stereocenters. The average Bonchev–Trinajstić information content (AvgIpc) is 3.41. The molecule has 0 bridgehead atoms. The highest BCUT2D eigenvalue weighted by molar-refractivity contribution is 14.0. The maximum Gasteiger partial charge on any atom is 0.191 e. The van der Waals surface area contributed by atoms with E-state index in [-0.39, 0.29) is 24.0 Å². The molecule has 0 spiro atoms. The molecule has 0 amide bonds. The molecule has 2 unspecified atom stereocenters. The van der Waals surface area contributed by atoms with E-state index >= 15 is 0 Å². The molecule has 152 valence electrons. The van der Waals surface area contributed by atoms with E-state index in [9.17, 15) is 0 Å². The Balaban J connectivity index is 0.00000240. The second kappa shape index (κ2) is 9.43. The quantitative estimate of drug-likeness (QED) is 0.311. The Morgan fingerprint density at radius 2 is 1.83 bits per heavy atom. The van der Waals surface area contributed by atoms with Crippen molar-refractivity contribution in [1.82, 2.24) is 20.4 Å². The number of nitrogens with zero attached hydrogens (tertiary/aromatic N) is 3. The maximum atomic E-state index is 4.63. The van der Waals surface area contributed by atoms with Crippen LogP contribution in [0.1, 0.15) is 34.9 Å². The van der Waals surface area contributed by atoms with Crippen LogP contribution in [0.4, 0.5) is 0 Å². The van der Waals surface area contributed by atoms with Gasteiger partial charge in [-0.25, -0.2) is 4.68 Å². The molecule has 0 radical (unpaired) electrons. The summed E-state index contributed by atoms with van der Waals surface area (Å²) < 4.78 is 2.01. The van der Waals surface area contributed by atoms with Crippen molar-refractivity contribution in [3.8, 4) is 5.69 Å². The Kier molecular flexibility index (Phi) is 6.95. The molecule has 3 aromatic rings. The van der Waals surface area contributed by atoms with E-state index in [0.717, 1.165) is 29.5 Å². The number of hydrogen-bond donors (Lipinski definition) is 2. The second-order valence-electron chi connectivity index (χ2n) is 7.40. The fourth-order valence-electron chi connectivity index (χ4n) is 3.71. The lowest BCUT2D eigenvalue weighted by Crippen LogP contribution is -2.38. The van der Waals surface area contributed by atoms with Crippen molar-refractivity contribution in [3.05, 3.63) is 83.2 Å². The number of aliphatic imine (C=N–C) groups is 1. The van der Waals surface area contributed by atoms with E-state index in [0.29, 0.717) is 18.5 Å². The molecular formula is C23H28IN5. The van der Waals surface area contributed by atoms with Crippen LogP contribution in [-0.4, -0.2) is 28.8 Å². The fourth-order valence-corrected chi connectivity index (χ4v) is 3.71. The van der Waals surface area contributed by atoms with Crippen molar-refractivity contribution < 1.29 is 0 Å². The van der Waals surface area contributed by atoms with Gasteiger partial charge in [0.25, 0.3) is 0 Å². The molecule has 29 heavy (non-hydrogen) atoms. The van der Waals surface area contributed by atoms with Crippen LogP contribution in [0.25, 0.3) is 5.69 Å². The monoisotopic (exact) mass is 501 g/mol. The molecule has 5 nitrogen and oxygen atoms in total. The van der Waals surface area contributed by atoms with Crippen LogP contribution in [0.15, 0.2) is 65.7 Å². The van der Waals surface area contributed by atoms with E-state index in [1.54, 1.807) is 0 Å². The second-order valence-corrected chi connectivity index (χ2v) is 7.40. The van der Waals surface area contributed by atoms with Crippen molar-refractivity contribution >= 4 is 29.9 Å². The third-order valence-corrected chi connectivity index (χ3v) is 5.24. The topological polar surface area (TPSA) is 54.2 Å². The molecule has 1 heterocycles. The van der Waals surface area contributed by atoms with E-state index < -0.39 is 0 Å². The number of para-hydroxylation sites is 1. The molecule has 1 aliphatic rings. The van der Waals surface area contributed by atoms with Gasteiger partial charge in [0.05, 0.1) is 11.4 Å². The Bertz CT molecular complexity index is 980. The van der Waals surface area contributed by atoms with Crippen molar-refractivity contribution in [2.45, 2.75) is 38.8 Å². The first-order chi connectivity index (χ1) is 13.7. The van der Waals surface area contributed by atoms with Crippen LogP contribution in [0.5, 0.6) is 0 Å². The van der Waals surface area contributed by atoms with Gasteiger partial charge in [-0.2, -0.15) is 5.10 Å². The number of aromatic nitrogens is 2. The van der Waals surface area contributed by atoms with E-state index in [1.807, 2.05) is 18.7 Å². The molecule has 6 heteroatoms. The van der Waals surface area contributed by atoms with Gasteiger partial charge in [-0.3, -0.25) is 4.99 Å². The first-order valence-electron chi connectivity index (χ1n) is 9.79. The predicted octanol–water partition coefficient (Wildman–Crippen LogP) is 4.33. The molecule has 1 fully saturated rings. The minimum Gasteiger partial charge on any atom is -0.353 e. The van der Waals surface area contributed by atoms with Crippen LogP contribution in [-0.2, 0) is 6.54 Å². The number of benzene rings is 2. The summed E-state index contributed by atoms with van der Waals surface area (Å²) in [5, 5.41) is 11.6. The summed E-state index contributed by atoms with van der Waals surface area (Å²) >= 11 is 0. The summed E-state index contributed by atoms with van der Waals surface area (Å²) in [6.45, 7) is 4.80. The Labute approximate surface area is 189 Å². The number of nitrogens with one attached hydrogen (secondary N) is 2. The minimum absolute atomic E-state index is 0. The first kappa shape index (κ1) is 21.4. The normalized spacial score (nSPS) is 18.1. The van der Waals surface area contributed by atoms with Crippen molar-refractivity contribution in [2.24, 2.45) is 4.99 Å². The highest BCUT2D eigenvalue weighted by Gasteiger charge is 2.38. The number of guanidine groups is 1. The summed E-state index contributed by atoms with van der Waals surface area (Å²) in [6.07, 6.45) is 1.15. The molecular weight excluding hydrogens is 473 g/mol. The van der Waals surface area contributed by atoms with Gasteiger partial charge >= 0.3 is 0 Å². The first-order valence-corrected chi connectivity index (χ1v) is 9.79. The van der Waals surface area contributed by atoms with Crippen LogP contribution in [0.2, 0.25) is 0 Å². The third-order valence-electron chi connectivity index (χ3n) is 5.24. The zero-order chi connectivity index (χ0) is 19.5. The zero-order valence-corrected chi connectivity index (χ0v) is 19.4. The van der Waals surface area contributed by atoms with Gasteiger partial charge < -0.3 is 10.6 Å². The summed E-state index contributed by atoms with van der Waals surface area (Å²) in [7, 11) is 1.82. The summed E-state index contributed by atoms with van der Waals surface area (Å²) in [4.78, 5) is 4.41. The van der Waals surface area contributed by atoms with Crippen molar-refractivity contribution in [3.63, 3.8) is 0 Å². The van der Waals surface area contributed by atoms with Gasteiger partial charge in [0, 0.05) is 31.2 Å². The molecule has 2 aromatic carbocycles. The number of hydrogen-bond acceptors (Lipinski definition) is 2. The Morgan fingerprint density at radius 1 is 1.10 bits per heavy atom. The van der Waals surface area contributed by atoms with Gasteiger partial charge in [0.15, 0.2) is 5.96 Å². The molecule has 1 aromatic heterocycles. The van der Waals surface area contributed by atoms with Gasteiger partial charge in [-0.1, -0.05) is 48.5 Å². The number of halogens is 1. The van der Waals surface area contributed by atoms with E-state index in [1.165, 1.54) is 11.1 Å². The molecule has 4 rings (SSSR count). The minimum atomic E-state index is 0. The predicted molar refractivity (Wildman–Crippen MR) is 129 cm³/mol. The standard InChI is InChI=1S/C23H27N5.HI/c1-16-13-17(2)28(27-16)22-12-8-7-11-19(22)15-25-23(24-3)26-21-14-20(21)18-9-5-4-6-10-18;/h4-13,20-21H,14-15H2,1-3H3,(H2,24,25,26);1H. The molecule has 1 aliphatic carbocycles. The summed E-state index contributed by atoms with van der Waals surface area (Å²) in [5.41, 5.74) is 5.84. The molecule has 0 saturated heterocycles. The fraction of sp³-hybridized carbons (Fsp3) is 0.304. The zero-order valence-electron chi connectivity index (χ0n) is 17.1. The highest BCUT2D eigenvalue weighted by atomic mass is 127. The van der Waals surface area contributed by atoms with Gasteiger partial charge in [-0.15, -0.1) is 24.0 Å². The Morgan fingerprint density at radius 3 is 2.52 bits per heavy atom. The largest absolute Gasteiger partial charge is 0.353 e. The third kappa shape index (κ3) is 4.98. The summed E-state index contributed by atoms with van der Waals surface area (Å²) in [6, 6.07) is 21.6. The number of rotatable bonds is 5. The van der Waals surface area contributed by atoms with Crippen LogP contribution in [0.3, 0.4) is 0 Å². The average molecular weight is 501 g/mol. The smallest absolute Gasteiger partial charge is 0.191 e. The van der Waals surface area contributed by atoms with Crippen molar-refractivity contribution in [1.29, 1.82) is 0 Å². The Hall–Kier alpha value is -2.35. The molecule has 1 saturated carbocycles. The van der Waals surface area contributed by atoms with Crippen LogP contribution >= 0.6 is 24.0 Å². The van der Waals surface area contributed by atoms with Gasteiger partial charge in [0.1, 0.15) is 0 Å². The van der Waals surface area contributed by atoms with Crippen LogP contribution < -0.4 is 10.6 Å². The van der Waals surface area contributed by atoms with E-state index in [2.05, 4.69) is 88.3 Å². The lowest BCUT2D eigenvalue weighted by atomic mass is 10.1. The molecule has 2 N–H and O–H groups in total. The van der Waals surface area contributed by atoms with Gasteiger partial charge in [0.2, 0.25) is 0 Å². The molecule has 0 aliphatic heterocycles. The van der Waals surface area contributed by atoms with E-state index in [4.69, 9.17) is 0 Å². The van der Waals surface area contributed by atoms with Crippen molar-refractivity contribution in [2.75, 3.05) is 7.05 Å². The lowest BCUT2D eigenvalue weighted by Gasteiger charge is -2.15. The lowest BCUT2D eigenvalue weighted by molar-refractivity contribution is 0.772.